The number of nitrogens with one attached hydrogen (secondary N) is 2. The third-order valence-corrected chi connectivity index (χ3v) is 5.35. The molecule has 0 aromatic heterocycles. The van der Waals surface area contributed by atoms with Crippen molar-refractivity contribution in [2.45, 2.75) is 58.4 Å². The van der Waals surface area contributed by atoms with Crippen molar-refractivity contribution in [2.24, 2.45) is 10.4 Å². The van der Waals surface area contributed by atoms with E-state index in [1.807, 2.05) is 11.8 Å². The smallest absolute Gasteiger partial charge is 0.222 e. The highest BCUT2D eigenvalue weighted by Gasteiger charge is 2.36. The SMILES string of the molecule is CCNC(=NCC1(CCOC)CCC1)NC1CCN(C(=O)CC)C1. The topological polar surface area (TPSA) is 66.0 Å². The molecule has 0 aromatic carbocycles. The Morgan fingerprint density at radius 3 is 2.75 bits per heavy atom. The van der Waals surface area contributed by atoms with Crippen LogP contribution in [0.5, 0.6) is 0 Å². The van der Waals surface area contributed by atoms with Crippen molar-refractivity contribution < 1.29 is 9.53 Å². The van der Waals surface area contributed by atoms with Gasteiger partial charge < -0.3 is 20.3 Å². The zero-order valence-corrected chi connectivity index (χ0v) is 15.6. The predicted octanol–water partition coefficient (Wildman–Crippen LogP) is 1.76. The molecule has 0 radical (unpaired) electrons. The standard InChI is InChI=1S/C18H34N4O2/c1-4-16(23)22-11-7-15(13-22)21-17(19-5-2)20-14-18(8-6-9-18)10-12-24-3/h15H,4-14H2,1-3H3,(H2,19,20,21). The van der Waals surface area contributed by atoms with Crippen LogP contribution in [0, 0.1) is 5.41 Å². The minimum absolute atomic E-state index is 0.245. The first-order valence-electron chi connectivity index (χ1n) is 9.44. The van der Waals surface area contributed by atoms with Gasteiger partial charge in [0.25, 0.3) is 0 Å². The number of rotatable bonds is 8. The summed E-state index contributed by atoms with van der Waals surface area (Å²) in [6.07, 6.45) is 6.48. The van der Waals surface area contributed by atoms with Crippen molar-refractivity contribution in [1.82, 2.24) is 15.5 Å². The van der Waals surface area contributed by atoms with Crippen LogP contribution in [0.2, 0.25) is 0 Å². The zero-order chi connectivity index (χ0) is 17.4. The van der Waals surface area contributed by atoms with Crippen LogP contribution < -0.4 is 10.6 Å². The second kappa shape index (κ2) is 9.25. The number of nitrogens with zero attached hydrogens (tertiary/aromatic N) is 2. The number of hydrogen-bond donors (Lipinski definition) is 2. The van der Waals surface area contributed by atoms with Crippen molar-refractivity contribution in [3.05, 3.63) is 0 Å². The maximum Gasteiger partial charge on any atom is 0.222 e. The van der Waals surface area contributed by atoms with Crippen LogP contribution >= 0.6 is 0 Å². The molecule has 1 unspecified atom stereocenters. The van der Waals surface area contributed by atoms with E-state index in [4.69, 9.17) is 9.73 Å². The van der Waals surface area contributed by atoms with Crippen LogP contribution in [0.4, 0.5) is 0 Å². The Hall–Kier alpha value is -1.30. The first-order chi connectivity index (χ1) is 11.6. The number of carbonyl (C=O) groups excluding carboxylic acids is 1. The van der Waals surface area contributed by atoms with Gasteiger partial charge >= 0.3 is 0 Å². The van der Waals surface area contributed by atoms with E-state index < -0.39 is 0 Å². The Labute approximate surface area is 146 Å². The lowest BCUT2D eigenvalue weighted by molar-refractivity contribution is -0.129. The maximum absolute atomic E-state index is 11.8. The summed E-state index contributed by atoms with van der Waals surface area (Å²) >= 11 is 0. The van der Waals surface area contributed by atoms with Gasteiger partial charge in [0.1, 0.15) is 0 Å². The van der Waals surface area contributed by atoms with Gasteiger partial charge in [-0.2, -0.15) is 0 Å². The molecule has 6 heteroatoms. The van der Waals surface area contributed by atoms with Crippen molar-refractivity contribution in [3.8, 4) is 0 Å². The van der Waals surface area contributed by atoms with E-state index in [0.29, 0.717) is 17.9 Å². The van der Waals surface area contributed by atoms with E-state index >= 15 is 0 Å². The Kier molecular flexibility index (Phi) is 7.34. The van der Waals surface area contributed by atoms with Crippen molar-refractivity contribution in [1.29, 1.82) is 0 Å². The Balaban J connectivity index is 1.88. The van der Waals surface area contributed by atoms with Gasteiger partial charge in [0, 0.05) is 52.4 Å². The van der Waals surface area contributed by atoms with Gasteiger partial charge in [0.05, 0.1) is 0 Å². The molecule has 2 N–H and O–H groups in total. The lowest BCUT2D eigenvalue weighted by Gasteiger charge is -2.41. The number of amides is 1. The molecular weight excluding hydrogens is 304 g/mol. The molecule has 24 heavy (non-hydrogen) atoms. The molecule has 1 amide bonds. The average molecular weight is 338 g/mol. The van der Waals surface area contributed by atoms with Crippen LogP contribution in [-0.4, -0.2) is 62.7 Å². The molecule has 6 nitrogen and oxygen atoms in total. The zero-order valence-electron chi connectivity index (χ0n) is 15.6. The molecule has 1 atom stereocenters. The highest BCUT2D eigenvalue weighted by atomic mass is 16.5. The summed E-state index contributed by atoms with van der Waals surface area (Å²) < 4.78 is 5.26. The maximum atomic E-state index is 11.8. The molecule has 1 aliphatic carbocycles. The summed E-state index contributed by atoms with van der Waals surface area (Å²) in [7, 11) is 1.77. The first kappa shape index (κ1) is 19.0. The van der Waals surface area contributed by atoms with Gasteiger partial charge in [0.2, 0.25) is 5.91 Å². The summed E-state index contributed by atoms with van der Waals surface area (Å²) in [4.78, 5) is 18.6. The molecule has 0 aromatic rings. The number of aliphatic imine (C=N–C) groups is 1. The monoisotopic (exact) mass is 338 g/mol. The molecule has 1 aliphatic heterocycles. The lowest BCUT2D eigenvalue weighted by atomic mass is 9.67. The van der Waals surface area contributed by atoms with Crippen molar-refractivity contribution in [3.63, 3.8) is 0 Å². The normalized spacial score (nSPS) is 23.0. The average Bonchev–Trinajstić information content (AvgIpc) is 3.01. The number of likely N-dealkylation sites (tertiary alicyclic amines) is 1. The third kappa shape index (κ3) is 5.10. The predicted molar refractivity (Wildman–Crippen MR) is 97.2 cm³/mol. The highest BCUT2D eigenvalue weighted by molar-refractivity contribution is 5.80. The van der Waals surface area contributed by atoms with Gasteiger partial charge in [-0.15, -0.1) is 0 Å². The molecule has 1 saturated heterocycles. The van der Waals surface area contributed by atoms with Crippen molar-refractivity contribution >= 4 is 11.9 Å². The summed E-state index contributed by atoms with van der Waals surface area (Å²) in [5.41, 5.74) is 0.332. The summed E-state index contributed by atoms with van der Waals surface area (Å²) in [5.74, 6) is 1.13. The Bertz CT molecular complexity index is 435. The van der Waals surface area contributed by atoms with E-state index in [9.17, 15) is 4.79 Å². The molecule has 2 fully saturated rings. The number of hydrogen-bond acceptors (Lipinski definition) is 3. The van der Waals surface area contributed by atoms with Gasteiger partial charge in [-0.25, -0.2) is 0 Å². The number of guanidine groups is 1. The van der Waals surface area contributed by atoms with Crippen LogP contribution in [0.1, 0.15) is 52.4 Å². The number of ether oxygens (including phenoxy) is 1. The number of methoxy groups -OCH3 is 1. The summed E-state index contributed by atoms with van der Waals surface area (Å²) in [6, 6.07) is 0.301. The molecule has 0 spiro atoms. The molecule has 2 rings (SSSR count). The van der Waals surface area contributed by atoms with Crippen LogP contribution in [0.25, 0.3) is 0 Å². The van der Waals surface area contributed by atoms with E-state index in [1.165, 1.54) is 19.3 Å². The van der Waals surface area contributed by atoms with Gasteiger partial charge in [-0.1, -0.05) is 13.3 Å². The fourth-order valence-corrected chi connectivity index (χ4v) is 3.57. The van der Waals surface area contributed by atoms with Crippen LogP contribution in [-0.2, 0) is 9.53 Å². The minimum atomic E-state index is 0.245. The summed E-state index contributed by atoms with van der Waals surface area (Å²) in [5, 5.41) is 6.87. The van der Waals surface area contributed by atoms with Crippen LogP contribution in [0.15, 0.2) is 4.99 Å². The summed E-state index contributed by atoms with van der Waals surface area (Å²) in [6.45, 7) is 8.16. The number of carbonyl (C=O) groups is 1. The second-order valence-electron chi connectivity index (χ2n) is 7.11. The largest absolute Gasteiger partial charge is 0.385 e. The van der Waals surface area contributed by atoms with Gasteiger partial charge in [0.15, 0.2) is 5.96 Å². The molecule has 2 aliphatic rings. The highest BCUT2D eigenvalue weighted by Crippen LogP contribution is 2.44. The molecule has 138 valence electrons. The van der Waals surface area contributed by atoms with Crippen molar-refractivity contribution in [2.75, 3.05) is 39.9 Å². The van der Waals surface area contributed by atoms with E-state index in [1.54, 1.807) is 7.11 Å². The fraction of sp³-hybridized carbons (Fsp3) is 0.889. The second-order valence-corrected chi connectivity index (χ2v) is 7.11. The lowest BCUT2D eigenvalue weighted by Crippen LogP contribution is -2.46. The minimum Gasteiger partial charge on any atom is -0.385 e. The third-order valence-electron chi connectivity index (χ3n) is 5.35. The van der Waals surface area contributed by atoms with Gasteiger partial charge in [-0.3, -0.25) is 9.79 Å². The fourth-order valence-electron chi connectivity index (χ4n) is 3.57. The molecule has 1 heterocycles. The quantitative estimate of drug-likeness (QED) is 0.523. The van der Waals surface area contributed by atoms with E-state index in [2.05, 4.69) is 17.6 Å². The Morgan fingerprint density at radius 2 is 2.17 bits per heavy atom. The van der Waals surface area contributed by atoms with Gasteiger partial charge in [-0.05, 0) is 38.0 Å². The molecular formula is C18H34N4O2. The molecule has 0 bridgehead atoms. The molecule has 1 saturated carbocycles. The van der Waals surface area contributed by atoms with E-state index in [0.717, 1.165) is 51.6 Å². The van der Waals surface area contributed by atoms with Crippen LogP contribution in [0.3, 0.4) is 0 Å². The Morgan fingerprint density at radius 1 is 1.38 bits per heavy atom. The first-order valence-corrected chi connectivity index (χ1v) is 9.44. The van der Waals surface area contributed by atoms with E-state index in [-0.39, 0.29) is 5.91 Å².